The van der Waals surface area contributed by atoms with Crippen LogP contribution < -0.4 is 5.73 Å². The SMILES string of the molecule is CCN(CC(=O)N(C)C)C(=O)CC1CCC(N)CC1. The van der Waals surface area contributed by atoms with E-state index in [2.05, 4.69) is 0 Å². The first-order valence-electron chi connectivity index (χ1n) is 7.17. The molecule has 0 aliphatic heterocycles. The van der Waals surface area contributed by atoms with Crippen molar-refractivity contribution in [1.82, 2.24) is 9.80 Å². The van der Waals surface area contributed by atoms with Crippen LogP contribution in [0, 0.1) is 5.92 Å². The van der Waals surface area contributed by atoms with E-state index in [-0.39, 0.29) is 18.4 Å². The van der Waals surface area contributed by atoms with Crippen molar-refractivity contribution in [2.45, 2.75) is 45.1 Å². The molecule has 1 aliphatic rings. The molecule has 0 aromatic rings. The predicted molar refractivity (Wildman–Crippen MR) is 75.5 cm³/mol. The molecule has 2 amide bonds. The minimum atomic E-state index is -0.0270. The van der Waals surface area contributed by atoms with Gasteiger partial charge in [0.15, 0.2) is 0 Å². The molecule has 0 bridgehead atoms. The summed E-state index contributed by atoms with van der Waals surface area (Å²) in [7, 11) is 3.42. The second-order valence-corrected chi connectivity index (χ2v) is 5.68. The van der Waals surface area contributed by atoms with Gasteiger partial charge in [-0.1, -0.05) is 0 Å². The van der Waals surface area contributed by atoms with Gasteiger partial charge in [-0.25, -0.2) is 0 Å². The van der Waals surface area contributed by atoms with Crippen molar-refractivity contribution in [3.8, 4) is 0 Å². The van der Waals surface area contributed by atoms with Crippen LogP contribution in [0.2, 0.25) is 0 Å². The van der Waals surface area contributed by atoms with Crippen molar-refractivity contribution < 1.29 is 9.59 Å². The highest BCUT2D eigenvalue weighted by atomic mass is 16.2. The van der Waals surface area contributed by atoms with Crippen LogP contribution in [0.1, 0.15) is 39.0 Å². The van der Waals surface area contributed by atoms with Gasteiger partial charge in [-0.2, -0.15) is 0 Å². The van der Waals surface area contributed by atoms with Crippen LogP contribution in [-0.2, 0) is 9.59 Å². The summed E-state index contributed by atoms with van der Waals surface area (Å²) in [6.07, 6.45) is 4.65. The number of nitrogens with zero attached hydrogens (tertiary/aromatic N) is 2. The molecule has 1 rings (SSSR count). The molecule has 0 unspecified atom stereocenters. The van der Waals surface area contributed by atoms with Gasteiger partial charge in [0, 0.05) is 33.1 Å². The Hall–Kier alpha value is -1.10. The van der Waals surface area contributed by atoms with E-state index in [1.165, 1.54) is 4.90 Å². The topological polar surface area (TPSA) is 66.6 Å². The third-order valence-electron chi connectivity index (χ3n) is 3.91. The summed E-state index contributed by atoms with van der Waals surface area (Å²) in [4.78, 5) is 27.0. The van der Waals surface area contributed by atoms with E-state index < -0.39 is 0 Å². The summed E-state index contributed by atoms with van der Waals surface area (Å²) in [5.41, 5.74) is 5.87. The summed E-state index contributed by atoms with van der Waals surface area (Å²) in [6.45, 7) is 2.69. The lowest BCUT2D eigenvalue weighted by Crippen LogP contribution is -2.41. The van der Waals surface area contributed by atoms with Crippen molar-refractivity contribution in [3.05, 3.63) is 0 Å². The first-order valence-corrected chi connectivity index (χ1v) is 7.17. The number of nitrogens with two attached hydrogens (primary N) is 1. The molecule has 2 N–H and O–H groups in total. The highest BCUT2D eigenvalue weighted by Gasteiger charge is 2.24. The fraction of sp³-hybridized carbons (Fsp3) is 0.857. The van der Waals surface area contributed by atoms with Crippen LogP contribution in [0.3, 0.4) is 0 Å². The van der Waals surface area contributed by atoms with Gasteiger partial charge in [0.05, 0.1) is 6.54 Å². The Morgan fingerprint density at radius 1 is 1.11 bits per heavy atom. The predicted octanol–water partition coefficient (Wildman–Crippen LogP) is 0.831. The average Bonchev–Trinajstić information content (AvgIpc) is 2.38. The lowest BCUT2D eigenvalue weighted by atomic mass is 9.84. The van der Waals surface area contributed by atoms with Gasteiger partial charge in [0.2, 0.25) is 11.8 Å². The third-order valence-corrected chi connectivity index (χ3v) is 3.91. The van der Waals surface area contributed by atoms with Gasteiger partial charge in [0.25, 0.3) is 0 Å². The van der Waals surface area contributed by atoms with Gasteiger partial charge in [-0.05, 0) is 38.5 Å². The Kier molecular flexibility index (Phi) is 6.28. The molecule has 1 aliphatic carbocycles. The van der Waals surface area contributed by atoms with Crippen molar-refractivity contribution in [1.29, 1.82) is 0 Å². The molecule has 5 nitrogen and oxygen atoms in total. The largest absolute Gasteiger partial charge is 0.347 e. The highest BCUT2D eigenvalue weighted by Crippen LogP contribution is 2.26. The number of likely N-dealkylation sites (N-methyl/N-ethyl adjacent to an activating group) is 2. The van der Waals surface area contributed by atoms with Gasteiger partial charge in [-0.15, -0.1) is 0 Å². The Morgan fingerprint density at radius 2 is 1.68 bits per heavy atom. The van der Waals surface area contributed by atoms with Crippen molar-refractivity contribution in [2.75, 3.05) is 27.2 Å². The molecule has 19 heavy (non-hydrogen) atoms. The first-order chi connectivity index (χ1) is 8.93. The molecule has 0 saturated heterocycles. The smallest absolute Gasteiger partial charge is 0.241 e. The fourth-order valence-corrected chi connectivity index (χ4v) is 2.45. The molecule has 1 fully saturated rings. The van der Waals surface area contributed by atoms with Crippen molar-refractivity contribution >= 4 is 11.8 Å². The normalized spacial score (nSPS) is 22.9. The number of amides is 2. The second-order valence-electron chi connectivity index (χ2n) is 5.68. The zero-order chi connectivity index (χ0) is 14.4. The summed E-state index contributed by atoms with van der Waals surface area (Å²) in [6, 6.07) is 0.309. The molecule has 110 valence electrons. The minimum Gasteiger partial charge on any atom is -0.347 e. The standard InChI is InChI=1S/C14H27N3O2/c1-4-17(10-14(19)16(2)3)13(18)9-11-5-7-12(15)8-6-11/h11-12H,4-10,15H2,1-3H3. The number of carbonyl (C=O) groups excluding carboxylic acids is 2. The maximum absolute atomic E-state index is 12.2. The molecule has 5 heteroatoms. The van der Waals surface area contributed by atoms with Gasteiger partial charge in [0.1, 0.15) is 0 Å². The summed E-state index contributed by atoms with van der Waals surface area (Å²) < 4.78 is 0. The van der Waals surface area contributed by atoms with Crippen LogP contribution in [0.4, 0.5) is 0 Å². The van der Waals surface area contributed by atoms with Crippen LogP contribution in [0.15, 0.2) is 0 Å². The maximum Gasteiger partial charge on any atom is 0.241 e. The van der Waals surface area contributed by atoms with Gasteiger partial charge in [-0.3, -0.25) is 9.59 Å². The number of hydrogen-bond acceptors (Lipinski definition) is 3. The second kappa shape index (κ2) is 7.48. The molecule has 0 aromatic carbocycles. The van der Waals surface area contributed by atoms with E-state index in [4.69, 9.17) is 5.73 Å². The monoisotopic (exact) mass is 269 g/mol. The molecule has 0 spiro atoms. The van der Waals surface area contributed by atoms with Crippen LogP contribution in [0.25, 0.3) is 0 Å². The minimum absolute atomic E-state index is 0.0270. The van der Waals surface area contributed by atoms with Gasteiger partial charge < -0.3 is 15.5 Å². The summed E-state index contributed by atoms with van der Waals surface area (Å²) in [5.74, 6) is 0.509. The summed E-state index contributed by atoms with van der Waals surface area (Å²) in [5, 5.41) is 0. The lowest BCUT2D eigenvalue weighted by molar-refractivity contribution is -0.139. The average molecular weight is 269 g/mol. The van der Waals surface area contributed by atoms with Crippen LogP contribution in [0.5, 0.6) is 0 Å². The van der Waals surface area contributed by atoms with Crippen LogP contribution in [-0.4, -0.2) is 54.8 Å². The van der Waals surface area contributed by atoms with E-state index >= 15 is 0 Å². The number of hydrogen-bond donors (Lipinski definition) is 1. The molecule has 0 aromatic heterocycles. The zero-order valence-electron chi connectivity index (χ0n) is 12.4. The Balaban J connectivity index is 2.43. The molecule has 0 radical (unpaired) electrons. The van der Waals surface area contributed by atoms with E-state index in [0.717, 1.165) is 25.7 Å². The fourth-order valence-electron chi connectivity index (χ4n) is 2.45. The molecule has 0 heterocycles. The van der Waals surface area contributed by atoms with E-state index in [9.17, 15) is 9.59 Å². The Labute approximate surface area is 116 Å². The number of carbonyl (C=O) groups is 2. The lowest BCUT2D eigenvalue weighted by Gasteiger charge is -2.28. The van der Waals surface area contributed by atoms with Crippen LogP contribution >= 0.6 is 0 Å². The molecule has 1 saturated carbocycles. The van der Waals surface area contributed by atoms with Crippen molar-refractivity contribution in [2.24, 2.45) is 11.7 Å². The first kappa shape index (κ1) is 16.0. The quantitative estimate of drug-likeness (QED) is 0.804. The Morgan fingerprint density at radius 3 is 2.16 bits per heavy atom. The zero-order valence-corrected chi connectivity index (χ0v) is 12.4. The maximum atomic E-state index is 12.2. The van der Waals surface area contributed by atoms with E-state index in [0.29, 0.717) is 24.9 Å². The molecule has 0 atom stereocenters. The van der Waals surface area contributed by atoms with E-state index in [1.807, 2.05) is 6.92 Å². The van der Waals surface area contributed by atoms with Gasteiger partial charge >= 0.3 is 0 Å². The molecular formula is C14H27N3O2. The molecular weight excluding hydrogens is 242 g/mol. The number of rotatable bonds is 5. The van der Waals surface area contributed by atoms with Crippen molar-refractivity contribution in [3.63, 3.8) is 0 Å². The van der Waals surface area contributed by atoms with E-state index in [1.54, 1.807) is 19.0 Å². The summed E-state index contributed by atoms with van der Waals surface area (Å²) >= 11 is 0. The third kappa shape index (κ3) is 5.19. The Bertz CT molecular complexity index is 310. The highest BCUT2D eigenvalue weighted by molar-refractivity contribution is 5.84.